The van der Waals surface area contributed by atoms with Crippen LogP contribution in [0.3, 0.4) is 0 Å². The molecule has 0 saturated carbocycles. The van der Waals surface area contributed by atoms with Crippen molar-refractivity contribution in [2.45, 2.75) is 25.8 Å². The van der Waals surface area contributed by atoms with E-state index in [4.69, 9.17) is 9.47 Å². The number of hydrogen-bond donors (Lipinski definition) is 1. The Morgan fingerprint density at radius 2 is 2.09 bits per heavy atom. The van der Waals surface area contributed by atoms with Crippen LogP contribution in [0.2, 0.25) is 0 Å². The number of nitrogens with zero attached hydrogens (tertiary/aromatic N) is 1. The molecule has 1 heterocycles. The first-order valence-electron chi connectivity index (χ1n) is 7.27. The molecule has 1 aromatic carbocycles. The molecule has 2 atom stereocenters. The van der Waals surface area contributed by atoms with Crippen molar-refractivity contribution >= 4 is 11.9 Å². The molecule has 6 heteroatoms. The number of aliphatic carboxylic acids is 1. The highest BCUT2D eigenvalue weighted by Crippen LogP contribution is 2.41. The predicted molar refractivity (Wildman–Crippen MR) is 80.0 cm³/mol. The third-order valence-electron chi connectivity index (χ3n) is 4.12. The van der Waals surface area contributed by atoms with Crippen molar-refractivity contribution < 1.29 is 24.2 Å². The maximum atomic E-state index is 12.2. The van der Waals surface area contributed by atoms with Crippen molar-refractivity contribution in [2.75, 3.05) is 20.8 Å². The number of carboxylic acid groups (broad SMARTS) is 1. The minimum Gasteiger partial charge on any atom is -0.497 e. The van der Waals surface area contributed by atoms with E-state index in [1.54, 1.807) is 30.2 Å². The van der Waals surface area contributed by atoms with Crippen molar-refractivity contribution in [3.05, 3.63) is 23.8 Å². The number of hydrogen-bond acceptors (Lipinski definition) is 4. The van der Waals surface area contributed by atoms with Gasteiger partial charge in [-0.25, -0.2) is 0 Å². The number of carboxylic acids is 1. The van der Waals surface area contributed by atoms with Crippen molar-refractivity contribution in [3.8, 4) is 11.5 Å². The first-order valence-corrected chi connectivity index (χ1v) is 7.27. The SMILES string of the molecule is CCN1C(=O)CCC(C(=O)O)C1c1cc(OC)ccc1OC. The van der Waals surface area contributed by atoms with Crippen LogP contribution < -0.4 is 9.47 Å². The molecule has 1 N–H and O–H groups in total. The monoisotopic (exact) mass is 307 g/mol. The summed E-state index contributed by atoms with van der Waals surface area (Å²) < 4.78 is 10.6. The fourth-order valence-corrected chi connectivity index (χ4v) is 3.04. The molecule has 1 aromatic rings. The molecule has 22 heavy (non-hydrogen) atoms. The number of benzene rings is 1. The number of carbonyl (C=O) groups excluding carboxylic acids is 1. The van der Waals surface area contributed by atoms with E-state index in [1.807, 2.05) is 6.92 Å². The van der Waals surface area contributed by atoms with Gasteiger partial charge in [0.05, 0.1) is 26.2 Å². The average molecular weight is 307 g/mol. The number of rotatable bonds is 5. The summed E-state index contributed by atoms with van der Waals surface area (Å²) in [5, 5.41) is 9.55. The van der Waals surface area contributed by atoms with Gasteiger partial charge in [0.25, 0.3) is 0 Å². The lowest BCUT2D eigenvalue weighted by Gasteiger charge is -2.39. The molecule has 0 aromatic heterocycles. The van der Waals surface area contributed by atoms with Gasteiger partial charge in [0.2, 0.25) is 5.91 Å². The maximum Gasteiger partial charge on any atom is 0.308 e. The Hall–Kier alpha value is -2.24. The van der Waals surface area contributed by atoms with Gasteiger partial charge >= 0.3 is 5.97 Å². The van der Waals surface area contributed by atoms with Gasteiger partial charge in [-0.1, -0.05) is 0 Å². The summed E-state index contributed by atoms with van der Waals surface area (Å²) in [7, 11) is 3.08. The van der Waals surface area contributed by atoms with E-state index in [1.165, 1.54) is 7.11 Å². The van der Waals surface area contributed by atoms with Gasteiger partial charge in [0, 0.05) is 18.5 Å². The molecule has 0 aliphatic carbocycles. The smallest absolute Gasteiger partial charge is 0.308 e. The van der Waals surface area contributed by atoms with Crippen LogP contribution in [-0.4, -0.2) is 42.6 Å². The minimum absolute atomic E-state index is 0.0325. The fourth-order valence-electron chi connectivity index (χ4n) is 3.04. The first-order chi connectivity index (χ1) is 10.5. The third kappa shape index (κ3) is 2.86. The standard InChI is InChI=1S/C16H21NO5/c1-4-17-14(18)8-6-11(16(19)20)15(17)12-9-10(21-2)5-7-13(12)22-3/h5,7,9,11,15H,4,6,8H2,1-3H3,(H,19,20). The molecule has 1 aliphatic rings. The summed E-state index contributed by atoms with van der Waals surface area (Å²) in [5.74, 6) is -0.423. The van der Waals surface area contributed by atoms with Crippen LogP contribution in [0.15, 0.2) is 18.2 Å². The van der Waals surface area contributed by atoms with Gasteiger partial charge in [0.1, 0.15) is 11.5 Å². The zero-order chi connectivity index (χ0) is 16.3. The van der Waals surface area contributed by atoms with Crippen LogP contribution in [0, 0.1) is 5.92 Å². The van der Waals surface area contributed by atoms with Crippen LogP contribution in [0.25, 0.3) is 0 Å². The van der Waals surface area contributed by atoms with Crippen LogP contribution in [0.5, 0.6) is 11.5 Å². The van der Waals surface area contributed by atoms with Gasteiger partial charge in [-0.2, -0.15) is 0 Å². The Kier molecular flexibility index (Phi) is 4.90. The molecular weight excluding hydrogens is 286 g/mol. The Morgan fingerprint density at radius 1 is 1.36 bits per heavy atom. The van der Waals surface area contributed by atoms with E-state index < -0.39 is 17.9 Å². The first kappa shape index (κ1) is 16.1. The van der Waals surface area contributed by atoms with Gasteiger partial charge in [-0.3, -0.25) is 9.59 Å². The summed E-state index contributed by atoms with van der Waals surface area (Å²) >= 11 is 0. The number of amides is 1. The highest BCUT2D eigenvalue weighted by atomic mass is 16.5. The highest BCUT2D eigenvalue weighted by Gasteiger charge is 2.41. The van der Waals surface area contributed by atoms with E-state index >= 15 is 0 Å². The van der Waals surface area contributed by atoms with Crippen molar-refractivity contribution in [2.24, 2.45) is 5.92 Å². The van der Waals surface area contributed by atoms with E-state index in [0.29, 0.717) is 30.0 Å². The molecule has 0 bridgehead atoms. The molecule has 1 amide bonds. The Morgan fingerprint density at radius 3 is 2.64 bits per heavy atom. The van der Waals surface area contributed by atoms with E-state index in [9.17, 15) is 14.7 Å². The lowest BCUT2D eigenvalue weighted by molar-refractivity contribution is -0.151. The molecule has 6 nitrogen and oxygen atoms in total. The van der Waals surface area contributed by atoms with Crippen molar-refractivity contribution in [1.29, 1.82) is 0 Å². The summed E-state index contributed by atoms with van der Waals surface area (Å²) in [5.41, 5.74) is 0.671. The van der Waals surface area contributed by atoms with Crippen molar-refractivity contribution in [3.63, 3.8) is 0 Å². The van der Waals surface area contributed by atoms with Crippen LogP contribution >= 0.6 is 0 Å². The largest absolute Gasteiger partial charge is 0.497 e. The summed E-state index contributed by atoms with van der Waals surface area (Å²) in [6.45, 7) is 2.30. The lowest BCUT2D eigenvalue weighted by Crippen LogP contribution is -2.45. The third-order valence-corrected chi connectivity index (χ3v) is 4.12. The molecule has 0 spiro atoms. The Bertz CT molecular complexity index is 570. The molecule has 1 saturated heterocycles. The molecule has 120 valence electrons. The number of methoxy groups -OCH3 is 2. The summed E-state index contributed by atoms with van der Waals surface area (Å²) in [6, 6.07) is 4.69. The maximum absolute atomic E-state index is 12.2. The van der Waals surface area contributed by atoms with Crippen LogP contribution in [-0.2, 0) is 9.59 Å². The average Bonchev–Trinajstić information content (AvgIpc) is 2.53. The number of ether oxygens (including phenoxy) is 2. The zero-order valence-corrected chi connectivity index (χ0v) is 13.0. The van der Waals surface area contributed by atoms with Crippen molar-refractivity contribution in [1.82, 2.24) is 4.90 Å². The van der Waals surface area contributed by atoms with Gasteiger partial charge < -0.3 is 19.5 Å². The second-order valence-corrected chi connectivity index (χ2v) is 5.22. The summed E-state index contributed by atoms with van der Waals surface area (Å²) in [6.07, 6.45) is 0.587. The molecule has 0 radical (unpaired) electrons. The predicted octanol–water partition coefficient (Wildman–Crippen LogP) is 2.09. The molecule has 2 unspecified atom stereocenters. The van der Waals surface area contributed by atoms with Crippen LogP contribution in [0.4, 0.5) is 0 Å². The molecule has 1 fully saturated rings. The number of likely N-dealkylation sites (tertiary alicyclic amines) is 1. The van der Waals surface area contributed by atoms with E-state index in [2.05, 4.69) is 0 Å². The Labute approximate surface area is 129 Å². The topological polar surface area (TPSA) is 76.1 Å². The summed E-state index contributed by atoms with van der Waals surface area (Å²) in [4.78, 5) is 25.5. The van der Waals surface area contributed by atoms with Gasteiger partial charge in [-0.05, 0) is 31.5 Å². The van der Waals surface area contributed by atoms with Gasteiger partial charge in [-0.15, -0.1) is 0 Å². The second-order valence-electron chi connectivity index (χ2n) is 5.22. The van der Waals surface area contributed by atoms with Gasteiger partial charge in [0.15, 0.2) is 0 Å². The fraction of sp³-hybridized carbons (Fsp3) is 0.500. The number of carbonyl (C=O) groups is 2. The molecular formula is C16H21NO5. The minimum atomic E-state index is -0.902. The zero-order valence-electron chi connectivity index (χ0n) is 13.0. The highest BCUT2D eigenvalue weighted by molar-refractivity contribution is 5.82. The Balaban J connectivity index is 2.56. The van der Waals surface area contributed by atoms with E-state index in [0.717, 1.165) is 0 Å². The second kappa shape index (κ2) is 6.68. The van der Waals surface area contributed by atoms with E-state index in [-0.39, 0.29) is 12.3 Å². The number of piperidine rings is 1. The molecule has 2 rings (SSSR count). The quantitative estimate of drug-likeness (QED) is 0.901. The molecule has 1 aliphatic heterocycles. The normalized spacial score (nSPS) is 21.6. The lowest BCUT2D eigenvalue weighted by atomic mass is 9.84. The van der Waals surface area contributed by atoms with Crippen LogP contribution in [0.1, 0.15) is 31.4 Å².